The molecule has 0 spiro atoms. The Labute approximate surface area is 246 Å². The van der Waals surface area contributed by atoms with Crippen LogP contribution in [0.15, 0.2) is 11.3 Å². The van der Waals surface area contributed by atoms with Gasteiger partial charge in [-0.3, -0.25) is 0 Å². The highest BCUT2D eigenvalue weighted by atomic mass is 16.7. The standard InChI is InChI=1S/C33H56O8/c1-17(2)7-6-8-18(3)20-9-10-21-25-22(12-14-32(20,21)4)33(5)13-11-19(15-23(33)26(35)28(25)37)40-31-30(39)29(38)27(36)24(16-34)41-31/h17-22,24-25,27-31,34-39H,6-16H2,1-5H3/t18-,19+,20-,21+,22+,24-,25+,27+,28?,29+,30-,31+,32-,33-/m1/s1. The lowest BCUT2D eigenvalue weighted by Gasteiger charge is -2.60. The van der Waals surface area contributed by atoms with E-state index in [1.54, 1.807) is 0 Å². The largest absolute Gasteiger partial charge is 0.510 e. The van der Waals surface area contributed by atoms with E-state index in [4.69, 9.17) is 9.47 Å². The molecule has 236 valence electrons. The molecule has 5 rings (SSSR count). The number of aliphatic hydroxyl groups is 6. The Kier molecular flexibility index (Phi) is 9.26. The van der Waals surface area contributed by atoms with E-state index in [1.807, 2.05) is 0 Å². The molecule has 0 aromatic carbocycles. The monoisotopic (exact) mass is 580 g/mol. The molecule has 1 unspecified atom stereocenters. The van der Waals surface area contributed by atoms with Crippen LogP contribution in [-0.2, 0) is 9.47 Å². The van der Waals surface area contributed by atoms with E-state index in [0.29, 0.717) is 36.5 Å². The van der Waals surface area contributed by atoms with Crippen LogP contribution in [0.1, 0.15) is 98.8 Å². The number of ether oxygens (including phenoxy) is 2. The summed E-state index contributed by atoms with van der Waals surface area (Å²) in [5, 5.41) is 63.6. The van der Waals surface area contributed by atoms with E-state index in [9.17, 15) is 30.6 Å². The van der Waals surface area contributed by atoms with E-state index in [1.165, 1.54) is 32.1 Å². The molecule has 0 radical (unpaired) electrons. The smallest absolute Gasteiger partial charge is 0.186 e. The summed E-state index contributed by atoms with van der Waals surface area (Å²) in [7, 11) is 0. The van der Waals surface area contributed by atoms with Gasteiger partial charge in [-0.2, -0.15) is 0 Å². The summed E-state index contributed by atoms with van der Waals surface area (Å²) in [5.74, 6) is 2.93. The van der Waals surface area contributed by atoms with Crippen molar-refractivity contribution in [2.75, 3.05) is 6.61 Å². The first kappa shape index (κ1) is 31.7. The Bertz CT molecular complexity index is 952. The lowest BCUT2D eigenvalue weighted by molar-refractivity contribution is -0.313. The van der Waals surface area contributed by atoms with Crippen molar-refractivity contribution in [1.82, 2.24) is 0 Å². The minimum Gasteiger partial charge on any atom is -0.510 e. The zero-order chi connectivity index (χ0) is 29.9. The first-order chi connectivity index (χ1) is 19.3. The zero-order valence-electron chi connectivity index (χ0n) is 25.8. The average Bonchev–Trinajstić information content (AvgIpc) is 3.29. The molecule has 0 amide bonds. The Morgan fingerprint density at radius 2 is 1.63 bits per heavy atom. The SMILES string of the molecule is CC(C)CCC[C@@H](C)[C@H]1CC[C@H]2[C@@H]3C(O)C(O)=C4C[C@@H](O[C@H]5O[C@H](CO)[C@H](O)[C@H](O)[C@H]5O)CC[C@]4(C)[C@H]3CC[C@]12C. The van der Waals surface area contributed by atoms with Gasteiger partial charge in [0.25, 0.3) is 0 Å². The fourth-order valence-corrected chi connectivity index (χ4v) is 10.2. The van der Waals surface area contributed by atoms with Crippen molar-refractivity contribution in [1.29, 1.82) is 0 Å². The van der Waals surface area contributed by atoms with Crippen molar-refractivity contribution in [2.45, 2.75) is 142 Å². The normalized spacial score (nSPS) is 49.0. The first-order valence-electron chi connectivity index (χ1n) is 16.4. The van der Waals surface area contributed by atoms with Crippen LogP contribution in [0.3, 0.4) is 0 Å². The van der Waals surface area contributed by atoms with Crippen molar-refractivity contribution >= 4 is 0 Å². The van der Waals surface area contributed by atoms with Crippen molar-refractivity contribution in [3.05, 3.63) is 11.3 Å². The predicted molar refractivity (Wildman–Crippen MR) is 155 cm³/mol. The molecule has 1 saturated heterocycles. The molecule has 0 aromatic heterocycles. The second kappa shape index (κ2) is 12.0. The second-order valence-electron chi connectivity index (χ2n) is 15.2. The van der Waals surface area contributed by atoms with Crippen LogP contribution in [0.2, 0.25) is 0 Å². The zero-order valence-corrected chi connectivity index (χ0v) is 25.8. The lowest BCUT2D eigenvalue weighted by Crippen LogP contribution is -2.60. The fourth-order valence-electron chi connectivity index (χ4n) is 10.2. The minimum absolute atomic E-state index is 0.0540. The van der Waals surface area contributed by atoms with Crippen molar-refractivity contribution < 1.29 is 40.1 Å². The topological polar surface area (TPSA) is 140 Å². The summed E-state index contributed by atoms with van der Waals surface area (Å²) in [4.78, 5) is 0. The highest BCUT2D eigenvalue weighted by Crippen LogP contribution is 2.68. The van der Waals surface area contributed by atoms with Crippen LogP contribution in [-0.4, -0.2) is 80.2 Å². The highest BCUT2D eigenvalue weighted by Gasteiger charge is 2.63. The summed E-state index contributed by atoms with van der Waals surface area (Å²) in [6.45, 7) is 11.3. The number of rotatable bonds is 8. The van der Waals surface area contributed by atoms with Crippen LogP contribution in [0.5, 0.6) is 0 Å². The van der Waals surface area contributed by atoms with Crippen LogP contribution < -0.4 is 0 Å². The van der Waals surface area contributed by atoms with Gasteiger partial charge >= 0.3 is 0 Å². The van der Waals surface area contributed by atoms with Gasteiger partial charge in [0.15, 0.2) is 6.29 Å². The van der Waals surface area contributed by atoms with Crippen LogP contribution in [0, 0.1) is 46.3 Å². The number of hydrogen-bond donors (Lipinski definition) is 6. The highest BCUT2D eigenvalue weighted by molar-refractivity contribution is 5.31. The van der Waals surface area contributed by atoms with Crippen molar-refractivity contribution in [2.24, 2.45) is 46.3 Å². The third kappa shape index (κ3) is 5.42. The molecular weight excluding hydrogens is 524 g/mol. The Morgan fingerprint density at radius 1 is 0.902 bits per heavy atom. The Hall–Kier alpha value is -0.740. The molecule has 0 aromatic rings. The molecule has 14 atom stereocenters. The molecule has 1 heterocycles. The molecule has 3 saturated carbocycles. The quantitative estimate of drug-likeness (QED) is 0.253. The Morgan fingerprint density at radius 3 is 2.32 bits per heavy atom. The molecule has 0 bridgehead atoms. The molecule has 41 heavy (non-hydrogen) atoms. The number of hydrogen-bond acceptors (Lipinski definition) is 8. The maximum absolute atomic E-state index is 11.7. The molecule has 1 aliphatic heterocycles. The molecule has 5 aliphatic rings. The summed E-state index contributed by atoms with van der Waals surface area (Å²) in [6, 6.07) is 0. The number of fused-ring (bicyclic) bond motifs is 5. The van der Waals surface area contributed by atoms with Gasteiger partial charge in [-0.1, -0.05) is 53.9 Å². The molecule has 4 fully saturated rings. The summed E-state index contributed by atoms with van der Waals surface area (Å²) >= 11 is 0. The second-order valence-corrected chi connectivity index (χ2v) is 15.2. The van der Waals surface area contributed by atoms with Gasteiger partial charge in [0.1, 0.15) is 36.3 Å². The van der Waals surface area contributed by atoms with Gasteiger partial charge in [-0.15, -0.1) is 0 Å². The summed E-state index contributed by atoms with van der Waals surface area (Å²) in [6.07, 6.45) is 2.40. The van der Waals surface area contributed by atoms with Crippen LogP contribution in [0.4, 0.5) is 0 Å². The van der Waals surface area contributed by atoms with E-state index in [-0.39, 0.29) is 28.6 Å². The molecule has 6 N–H and O–H groups in total. The lowest BCUT2D eigenvalue weighted by atomic mass is 9.46. The molecule has 8 nitrogen and oxygen atoms in total. The van der Waals surface area contributed by atoms with Gasteiger partial charge in [0.05, 0.1) is 12.7 Å². The van der Waals surface area contributed by atoms with E-state index in [2.05, 4.69) is 34.6 Å². The van der Waals surface area contributed by atoms with Gasteiger partial charge in [0, 0.05) is 0 Å². The van der Waals surface area contributed by atoms with Crippen LogP contribution in [0.25, 0.3) is 0 Å². The van der Waals surface area contributed by atoms with Gasteiger partial charge in [-0.25, -0.2) is 0 Å². The third-order valence-corrected chi connectivity index (χ3v) is 12.6. The third-order valence-electron chi connectivity index (χ3n) is 12.6. The van der Waals surface area contributed by atoms with Crippen molar-refractivity contribution in [3.8, 4) is 0 Å². The maximum Gasteiger partial charge on any atom is 0.186 e. The summed E-state index contributed by atoms with van der Waals surface area (Å²) < 4.78 is 11.7. The number of aliphatic hydroxyl groups excluding tert-OH is 6. The van der Waals surface area contributed by atoms with Gasteiger partial charge < -0.3 is 40.1 Å². The molecule has 8 heteroatoms. The first-order valence-corrected chi connectivity index (χ1v) is 16.4. The average molecular weight is 581 g/mol. The minimum atomic E-state index is -1.49. The predicted octanol–water partition coefficient (Wildman–Crippen LogP) is 4.07. The molecular formula is C33H56O8. The van der Waals surface area contributed by atoms with Gasteiger partial charge in [0.2, 0.25) is 0 Å². The van der Waals surface area contributed by atoms with E-state index < -0.39 is 43.4 Å². The fraction of sp³-hybridized carbons (Fsp3) is 0.939. The van der Waals surface area contributed by atoms with E-state index >= 15 is 0 Å². The Balaban J connectivity index is 1.31. The summed E-state index contributed by atoms with van der Waals surface area (Å²) in [5.41, 5.74) is 0.815. The van der Waals surface area contributed by atoms with Gasteiger partial charge in [-0.05, 0) is 96.9 Å². The maximum atomic E-state index is 11.7. The van der Waals surface area contributed by atoms with E-state index in [0.717, 1.165) is 30.8 Å². The molecule has 4 aliphatic carbocycles. The van der Waals surface area contributed by atoms with Crippen LogP contribution >= 0.6 is 0 Å². The van der Waals surface area contributed by atoms with Crippen molar-refractivity contribution in [3.63, 3.8) is 0 Å².